The summed E-state index contributed by atoms with van der Waals surface area (Å²) in [5.41, 5.74) is 1.11. The molecule has 1 aromatic carbocycles. The van der Waals surface area contributed by atoms with E-state index < -0.39 is 0 Å². The van der Waals surface area contributed by atoms with Crippen molar-refractivity contribution in [2.75, 3.05) is 7.11 Å². The van der Waals surface area contributed by atoms with Gasteiger partial charge in [0.2, 0.25) is 0 Å². The summed E-state index contributed by atoms with van der Waals surface area (Å²) in [7, 11) is 1.61. The molecule has 0 saturated carbocycles. The van der Waals surface area contributed by atoms with Crippen molar-refractivity contribution in [3.8, 4) is 5.75 Å². The number of halogens is 3. The fourth-order valence-corrected chi connectivity index (χ4v) is 4.51. The molecule has 2 aromatic rings. The molecule has 0 spiro atoms. The summed E-state index contributed by atoms with van der Waals surface area (Å²) in [6, 6.07) is 7.86. The van der Waals surface area contributed by atoms with Crippen LogP contribution in [0.5, 0.6) is 5.75 Å². The van der Waals surface area contributed by atoms with E-state index in [4.69, 9.17) is 16.3 Å². The van der Waals surface area contributed by atoms with Crippen LogP contribution >= 0.6 is 54.8 Å². The van der Waals surface area contributed by atoms with E-state index in [-0.39, 0.29) is 4.83 Å². The Bertz CT molecular complexity index is 527. The molecular formula is C12H9Br2ClOS. The van der Waals surface area contributed by atoms with Crippen molar-refractivity contribution in [1.29, 1.82) is 0 Å². The van der Waals surface area contributed by atoms with E-state index in [1.54, 1.807) is 18.4 Å². The second-order valence-electron chi connectivity index (χ2n) is 3.39. The van der Waals surface area contributed by atoms with Crippen LogP contribution in [0, 0.1) is 0 Å². The molecule has 0 aliphatic heterocycles. The number of hydrogen-bond acceptors (Lipinski definition) is 2. The number of benzene rings is 1. The van der Waals surface area contributed by atoms with Crippen molar-refractivity contribution < 1.29 is 4.74 Å². The molecular weight excluding hydrogens is 387 g/mol. The van der Waals surface area contributed by atoms with Gasteiger partial charge in [-0.1, -0.05) is 33.6 Å². The van der Waals surface area contributed by atoms with Crippen LogP contribution in [0.15, 0.2) is 34.1 Å². The fourth-order valence-electron chi connectivity index (χ4n) is 1.48. The van der Waals surface area contributed by atoms with Gasteiger partial charge in [0.05, 0.1) is 17.0 Å². The Morgan fingerprint density at radius 3 is 2.65 bits per heavy atom. The molecule has 0 aliphatic carbocycles. The zero-order chi connectivity index (χ0) is 12.4. The number of hydrogen-bond donors (Lipinski definition) is 0. The summed E-state index contributed by atoms with van der Waals surface area (Å²) >= 11 is 15.0. The summed E-state index contributed by atoms with van der Waals surface area (Å²) in [4.78, 5) is 1.37. The lowest BCUT2D eigenvalue weighted by atomic mass is 10.1. The summed E-state index contributed by atoms with van der Waals surface area (Å²) in [5.74, 6) is 0.695. The minimum absolute atomic E-state index is 0.139. The summed E-state index contributed by atoms with van der Waals surface area (Å²) in [6.07, 6.45) is 0. The second-order valence-corrected chi connectivity index (χ2v) is 6.51. The van der Waals surface area contributed by atoms with Gasteiger partial charge >= 0.3 is 0 Å². The van der Waals surface area contributed by atoms with Gasteiger partial charge in [-0.3, -0.25) is 0 Å². The van der Waals surface area contributed by atoms with Gasteiger partial charge < -0.3 is 4.74 Å². The van der Waals surface area contributed by atoms with Crippen LogP contribution in [0.1, 0.15) is 15.3 Å². The SMILES string of the molecule is COc1ccc(C(Br)c2sccc2Br)cc1Cl. The molecule has 17 heavy (non-hydrogen) atoms. The number of rotatable bonds is 3. The molecule has 0 fully saturated rings. The summed E-state index contributed by atoms with van der Waals surface area (Å²) < 4.78 is 6.25. The van der Waals surface area contributed by atoms with E-state index in [0.29, 0.717) is 10.8 Å². The van der Waals surface area contributed by atoms with Gasteiger partial charge in [0, 0.05) is 9.35 Å². The van der Waals surface area contributed by atoms with E-state index in [9.17, 15) is 0 Å². The van der Waals surface area contributed by atoms with E-state index >= 15 is 0 Å². The first-order valence-electron chi connectivity index (χ1n) is 4.84. The van der Waals surface area contributed by atoms with E-state index in [0.717, 1.165) is 10.0 Å². The van der Waals surface area contributed by atoms with Crippen molar-refractivity contribution in [2.24, 2.45) is 0 Å². The quantitative estimate of drug-likeness (QED) is 0.609. The predicted octanol–water partition coefficient (Wildman–Crippen LogP) is 5.66. The average molecular weight is 397 g/mol. The minimum Gasteiger partial charge on any atom is -0.495 e. The van der Waals surface area contributed by atoms with Crippen LogP contribution in [0.2, 0.25) is 5.02 Å². The Morgan fingerprint density at radius 1 is 1.35 bits per heavy atom. The third-order valence-electron chi connectivity index (χ3n) is 2.34. The maximum absolute atomic E-state index is 6.12. The molecule has 1 unspecified atom stereocenters. The Morgan fingerprint density at radius 2 is 2.12 bits per heavy atom. The van der Waals surface area contributed by atoms with Crippen molar-refractivity contribution in [3.05, 3.63) is 49.6 Å². The lowest BCUT2D eigenvalue weighted by Crippen LogP contribution is -1.92. The van der Waals surface area contributed by atoms with Crippen molar-refractivity contribution in [1.82, 2.24) is 0 Å². The molecule has 0 radical (unpaired) electrons. The van der Waals surface area contributed by atoms with Crippen LogP contribution in [0.25, 0.3) is 0 Å². The third-order valence-corrected chi connectivity index (χ3v) is 5.86. The van der Waals surface area contributed by atoms with Gasteiger partial charge in [-0.2, -0.15) is 0 Å². The molecule has 1 atom stereocenters. The first-order chi connectivity index (χ1) is 8.13. The van der Waals surface area contributed by atoms with Gasteiger partial charge in [0.15, 0.2) is 0 Å². The van der Waals surface area contributed by atoms with E-state index in [1.165, 1.54) is 4.88 Å². The standard InChI is InChI=1S/C12H9Br2ClOS/c1-16-10-3-2-7(6-9(10)15)11(14)12-8(13)4-5-17-12/h2-6,11H,1H3. The highest BCUT2D eigenvalue weighted by Crippen LogP contribution is 2.40. The molecule has 2 rings (SSSR count). The van der Waals surface area contributed by atoms with Crippen molar-refractivity contribution in [3.63, 3.8) is 0 Å². The molecule has 90 valence electrons. The predicted molar refractivity (Wildman–Crippen MR) is 80.8 cm³/mol. The second kappa shape index (κ2) is 5.74. The van der Waals surface area contributed by atoms with Gasteiger partial charge in [0.1, 0.15) is 5.75 Å². The maximum atomic E-state index is 6.12. The smallest absolute Gasteiger partial charge is 0.137 e. The minimum atomic E-state index is 0.139. The van der Waals surface area contributed by atoms with Crippen LogP contribution in [-0.4, -0.2) is 7.11 Å². The highest BCUT2D eigenvalue weighted by molar-refractivity contribution is 9.11. The monoisotopic (exact) mass is 394 g/mol. The molecule has 1 heterocycles. The van der Waals surface area contributed by atoms with E-state index in [2.05, 4.69) is 37.2 Å². The topological polar surface area (TPSA) is 9.23 Å². The van der Waals surface area contributed by atoms with Gasteiger partial charge in [-0.05, 0) is 45.1 Å². The summed E-state index contributed by atoms with van der Waals surface area (Å²) in [5, 5.41) is 2.68. The zero-order valence-electron chi connectivity index (χ0n) is 8.91. The average Bonchev–Trinajstić information content (AvgIpc) is 2.74. The third kappa shape index (κ3) is 2.87. The Hall–Kier alpha value is -0.0300. The molecule has 5 heteroatoms. The molecule has 0 aliphatic rings. The van der Waals surface area contributed by atoms with Crippen molar-refractivity contribution >= 4 is 54.8 Å². The van der Waals surface area contributed by atoms with Gasteiger partial charge in [-0.15, -0.1) is 11.3 Å². The van der Waals surface area contributed by atoms with Crippen molar-refractivity contribution in [2.45, 2.75) is 4.83 Å². The number of thiophene rings is 1. The highest BCUT2D eigenvalue weighted by Gasteiger charge is 2.16. The molecule has 0 bridgehead atoms. The van der Waals surface area contributed by atoms with Crippen LogP contribution < -0.4 is 4.74 Å². The van der Waals surface area contributed by atoms with Gasteiger partial charge in [0.25, 0.3) is 0 Å². The Balaban J connectivity index is 2.35. The first-order valence-corrected chi connectivity index (χ1v) is 7.80. The molecule has 1 aromatic heterocycles. The van der Waals surface area contributed by atoms with Crippen LogP contribution in [0.3, 0.4) is 0 Å². The van der Waals surface area contributed by atoms with E-state index in [1.807, 2.05) is 24.3 Å². The molecule has 1 nitrogen and oxygen atoms in total. The number of alkyl halides is 1. The normalized spacial score (nSPS) is 12.5. The van der Waals surface area contributed by atoms with Crippen LogP contribution in [0.4, 0.5) is 0 Å². The molecule has 0 saturated heterocycles. The number of methoxy groups -OCH3 is 1. The lowest BCUT2D eigenvalue weighted by Gasteiger charge is -2.11. The first kappa shape index (κ1) is 13.4. The fraction of sp³-hybridized carbons (Fsp3) is 0.167. The Kier molecular flexibility index (Phi) is 4.53. The molecule has 0 N–H and O–H groups in total. The largest absolute Gasteiger partial charge is 0.495 e. The number of ether oxygens (including phenoxy) is 1. The zero-order valence-corrected chi connectivity index (χ0v) is 13.7. The Labute approximate surface area is 126 Å². The summed E-state index contributed by atoms with van der Waals surface area (Å²) in [6.45, 7) is 0. The van der Waals surface area contributed by atoms with Gasteiger partial charge in [-0.25, -0.2) is 0 Å². The lowest BCUT2D eigenvalue weighted by molar-refractivity contribution is 0.415. The highest BCUT2D eigenvalue weighted by atomic mass is 79.9. The maximum Gasteiger partial charge on any atom is 0.137 e. The van der Waals surface area contributed by atoms with Crippen LogP contribution in [-0.2, 0) is 0 Å². The molecule has 0 amide bonds.